The number of ketones is 1. The highest BCUT2D eigenvalue weighted by atomic mass is 16.6. The van der Waals surface area contributed by atoms with Crippen LogP contribution in [0.4, 0.5) is 0 Å². The van der Waals surface area contributed by atoms with Crippen LogP contribution in [0.15, 0.2) is 0 Å². The topological polar surface area (TPSA) is 52.6 Å². The highest BCUT2D eigenvalue weighted by Crippen LogP contribution is 2.58. The molecule has 0 radical (unpaired) electrons. The molecule has 1 spiro atoms. The second-order valence-corrected chi connectivity index (χ2v) is 6.15. The number of hydrogen-bond donors (Lipinski definition) is 0. The van der Waals surface area contributed by atoms with Gasteiger partial charge >= 0.3 is 5.97 Å². The minimum absolute atomic E-state index is 0.0183. The molecule has 1 aliphatic carbocycles. The number of hydrogen-bond acceptors (Lipinski definition) is 4. The van der Waals surface area contributed by atoms with Crippen LogP contribution in [0.3, 0.4) is 0 Å². The van der Waals surface area contributed by atoms with E-state index in [1.165, 1.54) is 0 Å². The number of carbonyl (C=O) groups excluding carboxylic acids is 2. The average Bonchev–Trinajstić information content (AvgIpc) is 2.61. The van der Waals surface area contributed by atoms with Crippen LogP contribution in [0.2, 0.25) is 0 Å². The van der Waals surface area contributed by atoms with Gasteiger partial charge in [-0.2, -0.15) is 0 Å². The smallest absolute Gasteiger partial charge is 0.313 e. The molecule has 4 heteroatoms. The summed E-state index contributed by atoms with van der Waals surface area (Å²) < 4.78 is 10.5. The van der Waals surface area contributed by atoms with Crippen molar-refractivity contribution in [2.45, 2.75) is 45.6 Å². The van der Waals surface area contributed by atoms with Crippen LogP contribution in [0.5, 0.6) is 0 Å². The molecule has 1 aliphatic heterocycles. The van der Waals surface area contributed by atoms with Crippen LogP contribution < -0.4 is 0 Å². The van der Waals surface area contributed by atoms with E-state index < -0.39 is 11.6 Å². The molecule has 4 nitrogen and oxygen atoms in total. The van der Waals surface area contributed by atoms with Crippen molar-refractivity contribution in [2.24, 2.45) is 11.3 Å². The van der Waals surface area contributed by atoms with Crippen LogP contribution in [0.1, 0.15) is 40.0 Å². The van der Waals surface area contributed by atoms with Crippen molar-refractivity contribution in [3.63, 3.8) is 0 Å². The lowest BCUT2D eigenvalue weighted by atomic mass is 10.00. The Bertz CT molecular complexity index is 334. The van der Waals surface area contributed by atoms with Crippen molar-refractivity contribution in [3.8, 4) is 0 Å². The van der Waals surface area contributed by atoms with Crippen LogP contribution in [0, 0.1) is 11.3 Å². The Morgan fingerprint density at radius 2 is 2.12 bits per heavy atom. The normalized spacial score (nSPS) is 31.6. The Morgan fingerprint density at radius 1 is 1.41 bits per heavy atom. The first kappa shape index (κ1) is 12.6. The fourth-order valence-corrected chi connectivity index (χ4v) is 2.50. The van der Waals surface area contributed by atoms with Crippen LogP contribution in [-0.2, 0) is 19.1 Å². The predicted molar refractivity (Wildman–Crippen MR) is 61.4 cm³/mol. The highest BCUT2D eigenvalue weighted by Gasteiger charge is 2.59. The first-order chi connectivity index (χ1) is 7.82. The standard InChI is InChI=1S/C13H20O4/c1-12(2,3)17-11(15)6-10(14)9-7-13(9)4-5-16-8-13/h9H,4-8H2,1-3H3/t9-,13+/m1/s1. The van der Waals surface area contributed by atoms with E-state index in [0.717, 1.165) is 19.4 Å². The van der Waals surface area contributed by atoms with E-state index in [4.69, 9.17) is 9.47 Å². The van der Waals surface area contributed by atoms with Crippen molar-refractivity contribution < 1.29 is 19.1 Å². The predicted octanol–water partition coefficient (Wildman–Crippen LogP) is 1.71. The average molecular weight is 240 g/mol. The number of carbonyl (C=O) groups is 2. The summed E-state index contributed by atoms with van der Waals surface area (Å²) in [5.41, 5.74) is -0.450. The third-order valence-corrected chi connectivity index (χ3v) is 3.45. The molecule has 2 rings (SSSR count). The number of ether oxygens (including phenoxy) is 2. The molecule has 1 heterocycles. The van der Waals surface area contributed by atoms with Gasteiger partial charge in [0.25, 0.3) is 0 Å². The van der Waals surface area contributed by atoms with Gasteiger partial charge in [0, 0.05) is 17.9 Å². The lowest BCUT2D eigenvalue weighted by Crippen LogP contribution is -2.26. The van der Waals surface area contributed by atoms with E-state index in [2.05, 4.69) is 0 Å². The van der Waals surface area contributed by atoms with Gasteiger partial charge in [-0.15, -0.1) is 0 Å². The van der Waals surface area contributed by atoms with E-state index >= 15 is 0 Å². The molecule has 2 fully saturated rings. The summed E-state index contributed by atoms with van der Waals surface area (Å²) in [6, 6.07) is 0. The minimum atomic E-state index is -0.519. The lowest BCUT2D eigenvalue weighted by Gasteiger charge is -2.19. The van der Waals surface area contributed by atoms with Crippen LogP contribution in [-0.4, -0.2) is 30.6 Å². The van der Waals surface area contributed by atoms with Gasteiger partial charge in [0.15, 0.2) is 0 Å². The maximum absolute atomic E-state index is 11.9. The Morgan fingerprint density at radius 3 is 2.65 bits per heavy atom. The molecule has 0 aromatic rings. The fraction of sp³-hybridized carbons (Fsp3) is 0.846. The molecule has 1 saturated heterocycles. The maximum atomic E-state index is 11.9. The largest absolute Gasteiger partial charge is 0.460 e. The summed E-state index contributed by atoms with van der Waals surface area (Å²) >= 11 is 0. The Balaban J connectivity index is 1.81. The third kappa shape index (κ3) is 2.86. The van der Waals surface area contributed by atoms with Gasteiger partial charge in [0.2, 0.25) is 0 Å². The minimum Gasteiger partial charge on any atom is -0.460 e. The van der Waals surface area contributed by atoms with E-state index in [9.17, 15) is 9.59 Å². The molecule has 0 amide bonds. The molecule has 17 heavy (non-hydrogen) atoms. The Hall–Kier alpha value is -0.900. The molecule has 2 atom stereocenters. The van der Waals surface area contributed by atoms with Gasteiger partial charge in [0.1, 0.15) is 17.8 Å². The van der Waals surface area contributed by atoms with Crippen molar-refractivity contribution in [1.82, 2.24) is 0 Å². The highest BCUT2D eigenvalue weighted by molar-refractivity contribution is 5.98. The van der Waals surface area contributed by atoms with Gasteiger partial charge in [-0.1, -0.05) is 0 Å². The molecule has 0 unspecified atom stereocenters. The molecule has 0 aromatic heterocycles. The maximum Gasteiger partial charge on any atom is 0.313 e. The second-order valence-electron chi connectivity index (χ2n) is 6.15. The number of rotatable bonds is 3. The summed E-state index contributed by atoms with van der Waals surface area (Å²) in [7, 11) is 0. The Kier molecular flexibility index (Phi) is 3.02. The van der Waals surface area contributed by atoms with Gasteiger partial charge in [-0.25, -0.2) is 0 Å². The summed E-state index contributed by atoms with van der Waals surface area (Å²) in [5, 5.41) is 0. The quantitative estimate of drug-likeness (QED) is 0.556. The van der Waals surface area contributed by atoms with Gasteiger partial charge in [-0.05, 0) is 33.6 Å². The first-order valence-corrected chi connectivity index (χ1v) is 6.15. The van der Waals surface area contributed by atoms with Crippen LogP contribution >= 0.6 is 0 Å². The summed E-state index contributed by atoms with van der Waals surface area (Å²) in [6.07, 6.45) is 1.75. The zero-order valence-corrected chi connectivity index (χ0v) is 10.7. The van der Waals surface area contributed by atoms with Crippen molar-refractivity contribution in [3.05, 3.63) is 0 Å². The summed E-state index contributed by atoms with van der Waals surface area (Å²) in [5.74, 6) is -0.370. The molecule has 2 aliphatic rings. The molecular weight excluding hydrogens is 220 g/mol. The second kappa shape index (κ2) is 4.09. The molecule has 1 saturated carbocycles. The van der Waals surface area contributed by atoms with Crippen molar-refractivity contribution in [1.29, 1.82) is 0 Å². The van der Waals surface area contributed by atoms with Crippen molar-refractivity contribution >= 4 is 11.8 Å². The van der Waals surface area contributed by atoms with Gasteiger partial charge < -0.3 is 9.47 Å². The molecule has 0 N–H and O–H groups in total. The molecule has 96 valence electrons. The monoisotopic (exact) mass is 240 g/mol. The molecule has 0 aromatic carbocycles. The fourth-order valence-electron chi connectivity index (χ4n) is 2.50. The van der Waals surface area contributed by atoms with Crippen LogP contribution in [0.25, 0.3) is 0 Å². The summed E-state index contributed by atoms with van der Waals surface area (Å²) in [6.45, 7) is 6.84. The van der Waals surface area contributed by atoms with Gasteiger partial charge in [-0.3, -0.25) is 9.59 Å². The Labute approximate surface area is 102 Å². The van der Waals surface area contributed by atoms with E-state index in [0.29, 0.717) is 6.61 Å². The van der Waals surface area contributed by atoms with E-state index in [-0.39, 0.29) is 23.5 Å². The zero-order chi connectivity index (χ0) is 12.7. The number of Topliss-reactive ketones (excluding diaryl/α,β-unsaturated/α-hetero) is 1. The SMILES string of the molecule is CC(C)(C)OC(=O)CC(=O)[C@H]1C[C@]12CCOC2. The molecule has 0 bridgehead atoms. The van der Waals surface area contributed by atoms with Crippen molar-refractivity contribution in [2.75, 3.05) is 13.2 Å². The zero-order valence-electron chi connectivity index (χ0n) is 10.7. The summed E-state index contributed by atoms with van der Waals surface area (Å²) in [4.78, 5) is 23.4. The lowest BCUT2D eigenvalue weighted by molar-refractivity contribution is -0.156. The van der Waals surface area contributed by atoms with E-state index in [1.807, 2.05) is 0 Å². The number of esters is 1. The third-order valence-electron chi connectivity index (χ3n) is 3.45. The van der Waals surface area contributed by atoms with E-state index in [1.54, 1.807) is 20.8 Å². The first-order valence-electron chi connectivity index (χ1n) is 6.15. The van der Waals surface area contributed by atoms with Gasteiger partial charge in [0.05, 0.1) is 6.61 Å². The molecular formula is C13H20O4.